The van der Waals surface area contributed by atoms with E-state index in [0.29, 0.717) is 18.1 Å². The summed E-state index contributed by atoms with van der Waals surface area (Å²) in [6.07, 6.45) is -2.67. The minimum atomic E-state index is -4.38. The molecular weight excluding hydrogens is 510 g/mol. The standard InChI is InChI=1S/C20H26F3N5O.HI/c1-2-25-19(27-17-8-11-28(12-9-17)14-18(24)29)26-10-4-6-15-5-3-7-16(13-15)20(21,22)23;/h3,5,7,13,17H,2,8-12,14H2,1H3,(H2,24,29)(H2,25,26,27);1H. The van der Waals surface area contributed by atoms with Crippen molar-refractivity contribution in [2.75, 3.05) is 32.7 Å². The number of hydrogen-bond acceptors (Lipinski definition) is 3. The van der Waals surface area contributed by atoms with Gasteiger partial charge in [-0.15, -0.1) is 24.0 Å². The third-order valence-corrected chi connectivity index (χ3v) is 4.39. The number of alkyl halides is 3. The molecule has 1 amide bonds. The molecule has 1 heterocycles. The number of nitrogens with two attached hydrogens (primary N) is 1. The number of carbonyl (C=O) groups is 1. The van der Waals surface area contributed by atoms with Gasteiger partial charge >= 0.3 is 6.18 Å². The average molecular weight is 537 g/mol. The molecule has 0 bridgehead atoms. The summed E-state index contributed by atoms with van der Waals surface area (Å²) in [5.41, 5.74) is 4.81. The van der Waals surface area contributed by atoms with Crippen LogP contribution in [-0.4, -0.2) is 55.5 Å². The molecule has 1 aromatic carbocycles. The smallest absolute Gasteiger partial charge is 0.369 e. The van der Waals surface area contributed by atoms with Crippen LogP contribution in [0.25, 0.3) is 0 Å². The molecule has 0 aromatic heterocycles. The lowest BCUT2D eigenvalue weighted by molar-refractivity contribution is -0.137. The zero-order chi connectivity index (χ0) is 21.3. The first-order chi connectivity index (χ1) is 13.8. The number of primary amides is 1. The van der Waals surface area contributed by atoms with Crippen LogP contribution in [0.3, 0.4) is 0 Å². The van der Waals surface area contributed by atoms with Gasteiger partial charge in [0.05, 0.1) is 12.1 Å². The number of guanidine groups is 1. The normalized spacial score (nSPS) is 15.5. The second kappa shape index (κ2) is 12.6. The molecule has 1 fully saturated rings. The third kappa shape index (κ3) is 9.21. The van der Waals surface area contributed by atoms with Crippen molar-refractivity contribution in [1.29, 1.82) is 0 Å². The van der Waals surface area contributed by atoms with Gasteiger partial charge in [-0.3, -0.25) is 9.69 Å². The monoisotopic (exact) mass is 537 g/mol. The van der Waals surface area contributed by atoms with Crippen LogP contribution in [-0.2, 0) is 11.0 Å². The number of benzene rings is 1. The molecule has 0 atom stereocenters. The Labute approximate surface area is 191 Å². The summed E-state index contributed by atoms with van der Waals surface area (Å²) in [5.74, 6) is 5.79. The third-order valence-electron chi connectivity index (χ3n) is 4.39. The van der Waals surface area contributed by atoms with Crippen molar-refractivity contribution in [2.24, 2.45) is 10.7 Å². The number of amides is 1. The molecule has 1 saturated heterocycles. The van der Waals surface area contributed by atoms with Crippen LogP contribution in [0, 0.1) is 11.8 Å². The Hall–Kier alpha value is -2.00. The van der Waals surface area contributed by atoms with Crippen LogP contribution in [0.5, 0.6) is 0 Å². The quantitative estimate of drug-likeness (QED) is 0.233. The first-order valence-corrected chi connectivity index (χ1v) is 9.49. The lowest BCUT2D eigenvalue weighted by Gasteiger charge is -2.32. The summed E-state index contributed by atoms with van der Waals surface area (Å²) in [5, 5.41) is 6.47. The van der Waals surface area contributed by atoms with Crippen LogP contribution in [0.1, 0.15) is 30.9 Å². The van der Waals surface area contributed by atoms with E-state index in [1.165, 1.54) is 12.1 Å². The van der Waals surface area contributed by atoms with Crippen molar-refractivity contribution in [3.63, 3.8) is 0 Å². The van der Waals surface area contributed by atoms with Gasteiger partial charge in [0.2, 0.25) is 5.91 Å². The fourth-order valence-corrected chi connectivity index (χ4v) is 3.00. The molecule has 2 rings (SSSR count). The van der Waals surface area contributed by atoms with E-state index < -0.39 is 11.7 Å². The lowest BCUT2D eigenvalue weighted by Crippen LogP contribution is -2.49. The van der Waals surface area contributed by atoms with E-state index >= 15 is 0 Å². The molecule has 1 aliphatic heterocycles. The van der Waals surface area contributed by atoms with Gasteiger partial charge in [0.15, 0.2) is 5.96 Å². The molecule has 1 aromatic rings. The Morgan fingerprint density at radius 2 is 2.03 bits per heavy atom. The SMILES string of the molecule is CCNC(=NCC#Cc1cccc(C(F)(F)F)c1)NC1CCN(CC(N)=O)CC1.I. The molecular formula is C20H27F3IN5O. The van der Waals surface area contributed by atoms with Crippen LogP contribution in [0.2, 0.25) is 0 Å². The van der Waals surface area contributed by atoms with E-state index in [4.69, 9.17) is 5.73 Å². The number of nitrogens with zero attached hydrogens (tertiary/aromatic N) is 2. The maximum absolute atomic E-state index is 12.7. The van der Waals surface area contributed by atoms with Crippen molar-refractivity contribution in [3.05, 3.63) is 35.4 Å². The first-order valence-electron chi connectivity index (χ1n) is 9.49. The molecule has 0 unspecified atom stereocenters. The molecule has 30 heavy (non-hydrogen) atoms. The summed E-state index contributed by atoms with van der Waals surface area (Å²) in [6, 6.07) is 5.14. The molecule has 6 nitrogen and oxygen atoms in total. The number of piperidine rings is 1. The largest absolute Gasteiger partial charge is 0.416 e. The highest BCUT2D eigenvalue weighted by Crippen LogP contribution is 2.29. The van der Waals surface area contributed by atoms with Gasteiger partial charge in [0.1, 0.15) is 6.54 Å². The van der Waals surface area contributed by atoms with Crippen molar-refractivity contribution in [2.45, 2.75) is 32.0 Å². The fourth-order valence-electron chi connectivity index (χ4n) is 3.00. The highest BCUT2D eigenvalue weighted by atomic mass is 127. The average Bonchev–Trinajstić information content (AvgIpc) is 2.66. The number of likely N-dealkylation sites (tertiary alicyclic amines) is 1. The Morgan fingerprint density at radius 3 is 2.63 bits per heavy atom. The van der Waals surface area contributed by atoms with Gasteiger partial charge < -0.3 is 16.4 Å². The summed E-state index contributed by atoms with van der Waals surface area (Å²) >= 11 is 0. The van der Waals surface area contributed by atoms with Crippen molar-refractivity contribution < 1.29 is 18.0 Å². The number of aliphatic imine (C=N–C) groups is 1. The van der Waals surface area contributed by atoms with Gasteiger partial charge in [-0.25, -0.2) is 4.99 Å². The summed E-state index contributed by atoms with van der Waals surface area (Å²) < 4.78 is 38.2. The topological polar surface area (TPSA) is 82.8 Å². The van der Waals surface area contributed by atoms with E-state index in [1.807, 2.05) is 11.8 Å². The highest BCUT2D eigenvalue weighted by molar-refractivity contribution is 14.0. The van der Waals surface area contributed by atoms with Crippen LogP contribution >= 0.6 is 24.0 Å². The minimum absolute atomic E-state index is 0. The van der Waals surface area contributed by atoms with Crippen LogP contribution in [0.4, 0.5) is 13.2 Å². The maximum Gasteiger partial charge on any atom is 0.416 e. The first kappa shape index (κ1) is 26.0. The van der Waals surface area contributed by atoms with Gasteiger partial charge in [0, 0.05) is 31.2 Å². The molecule has 1 aliphatic rings. The van der Waals surface area contributed by atoms with Gasteiger partial charge in [0.25, 0.3) is 0 Å². The molecule has 10 heteroatoms. The van der Waals surface area contributed by atoms with E-state index in [1.54, 1.807) is 0 Å². The number of rotatable bonds is 5. The van der Waals surface area contributed by atoms with Gasteiger partial charge in [-0.2, -0.15) is 13.2 Å². The molecule has 0 saturated carbocycles. The minimum Gasteiger partial charge on any atom is -0.369 e. The van der Waals surface area contributed by atoms with E-state index in [-0.39, 0.29) is 49.0 Å². The Kier molecular flexibility index (Phi) is 11.0. The fraction of sp³-hybridized carbons (Fsp3) is 0.500. The Balaban J connectivity index is 0.00000450. The lowest BCUT2D eigenvalue weighted by atomic mass is 10.1. The molecule has 0 aliphatic carbocycles. The summed E-state index contributed by atoms with van der Waals surface area (Å²) in [6.45, 7) is 4.59. The van der Waals surface area contributed by atoms with Crippen LogP contribution < -0.4 is 16.4 Å². The maximum atomic E-state index is 12.7. The van der Waals surface area contributed by atoms with Crippen molar-refractivity contribution in [1.82, 2.24) is 15.5 Å². The molecule has 0 radical (unpaired) electrons. The number of carbonyl (C=O) groups excluding carboxylic acids is 1. The summed E-state index contributed by atoms with van der Waals surface area (Å²) in [4.78, 5) is 17.4. The Morgan fingerprint density at radius 1 is 1.33 bits per heavy atom. The number of halogens is 4. The zero-order valence-electron chi connectivity index (χ0n) is 16.8. The second-order valence-electron chi connectivity index (χ2n) is 6.74. The second-order valence-corrected chi connectivity index (χ2v) is 6.74. The number of hydrogen-bond donors (Lipinski definition) is 3. The zero-order valence-corrected chi connectivity index (χ0v) is 19.1. The van der Waals surface area contributed by atoms with Crippen molar-refractivity contribution >= 4 is 35.8 Å². The molecule has 0 spiro atoms. The summed E-state index contributed by atoms with van der Waals surface area (Å²) in [7, 11) is 0. The van der Waals surface area contributed by atoms with Gasteiger partial charge in [-0.05, 0) is 38.0 Å². The predicted molar refractivity (Wildman–Crippen MR) is 122 cm³/mol. The molecule has 166 valence electrons. The number of nitrogens with one attached hydrogen (secondary N) is 2. The predicted octanol–water partition coefficient (Wildman–Crippen LogP) is 2.18. The van der Waals surface area contributed by atoms with Crippen LogP contribution in [0.15, 0.2) is 29.3 Å². The van der Waals surface area contributed by atoms with E-state index in [0.717, 1.165) is 38.1 Å². The highest BCUT2D eigenvalue weighted by Gasteiger charge is 2.30. The van der Waals surface area contributed by atoms with E-state index in [9.17, 15) is 18.0 Å². The molecule has 4 N–H and O–H groups in total. The Bertz CT molecular complexity index is 781. The van der Waals surface area contributed by atoms with E-state index in [2.05, 4.69) is 27.5 Å². The van der Waals surface area contributed by atoms with Crippen molar-refractivity contribution in [3.8, 4) is 11.8 Å². The van der Waals surface area contributed by atoms with Gasteiger partial charge in [-0.1, -0.05) is 17.9 Å².